The van der Waals surface area contributed by atoms with Gasteiger partial charge in [-0.2, -0.15) is 0 Å². The Hall–Kier alpha value is -3.85. The van der Waals surface area contributed by atoms with E-state index in [1.165, 1.54) is 6.08 Å². The fourth-order valence-corrected chi connectivity index (χ4v) is 3.37. The molecule has 1 fully saturated rings. The van der Waals surface area contributed by atoms with Gasteiger partial charge in [0.15, 0.2) is 0 Å². The van der Waals surface area contributed by atoms with Gasteiger partial charge in [0.2, 0.25) is 0 Å². The molecule has 3 N–H and O–H groups in total. The molecule has 0 radical (unpaired) electrons. The van der Waals surface area contributed by atoms with Gasteiger partial charge in [-0.1, -0.05) is 0 Å². The van der Waals surface area contributed by atoms with Crippen LogP contribution < -0.4 is 20.1 Å². The Morgan fingerprint density at radius 1 is 1.05 bits per heavy atom. The highest BCUT2D eigenvalue weighted by molar-refractivity contribution is 6.09. The number of hydrogen-bond acceptors (Lipinski definition) is 7. The van der Waals surface area contributed by atoms with E-state index in [0.717, 1.165) is 19.5 Å². The van der Waals surface area contributed by atoms with Crippen LogP contribution in [0.1, 0.15) is 54.8 Å². The molecule has 9 heteroatoms. The molecule has 2 aromatic carbocycles. The van der Waals surface area contributed by atoms with Gasteiger partial charge in [0.1, 0.15) is 29.2 Å². The second-order valence-corrected chi connectivity index (χ2v) is 9.81. The quantitative estimate of drug-likeness (QED) is 0.325. The molecule has 3 rings (SSSR count). The van der Waals surface area contributed by atoms with E-state index in [1.807, 2.05) is 27.7 Å². The molecule has 0 saturated carbocycles. The highest BCUT2D eigenvalue weighted by atomic mass is 16.5. The van der Waals surface area contributed by atoms with Crippen LogP contribution in [0, 0.1) is 5.41 Å². The number of ether oxygens (including phenoxy) is 3. The van der Waals surface area contributed by atoms with E-state index < -0.39 is 5.91 Å². The van der Waals surface area contributed by atoms with E-state index in [-0.39, 0.29) is 29.0 Å². The Morgan fingerprint density at radius 2 is 1.73 bits per heavy atom. The van der Waals surface area contributed by atoms with Crippen LogP contribution in [-0.4, -0.2) is 61.0 Å². The largest absolute Gasteiger partial charge is 0.488 e. The molecule has 9 nitrogen and oxygen atoms in total. The van der Waals surface area contributed by atoms with Crippen molar-refractivity contribution >= 4 is 17.6 Å². The molecule has 0 aromatic heterocycles. The molecule has 37 heavy (non-hydrogen) atoms. The molecular weight excluding hydrogens is 472 g/mol. The number of nitrogens with one attached hydrogen (secondary N) is 3. The molecule has 0 aliphatic carbocycles. The number of hydrogen-bond donors (Lipinski definition) is 3. The van der Waals surface area contributed by atoms with Crippen LogP contribution in [0.5, 0.6) is 17.2 Å². The highest BCUT2D eigenvalue weighted by Crippen LogP contribution is 2.29. The average Bonchev–Trinajstić information content (AvgIpc) is 2.80. The molecular formula is C28H36N4O5. The van der Waals surface area contributed by atoms with Gasteiger partial charge in [0.25, 0.3) is 11.8 Å². The van der Waals surface area contributed by atoms with Crippen LogP contribution in [0.15, 0.2) is 54.7 Å². The molecule has 198 valence electrons. The zero-order valence-electron chi connectivity index (χ0n) is 22.1. The summed E-state index contributed by atoms with van der Waals surface area (Å²) >= 11 is 0. The molecule has 0 bridgehead atoms. The van der Waals surface area contributed by atoms with Crippen LogP contribution in [0.3, 0.4) is 0 Å². The number of amidine groups is 1. The summed E-state index contributed by atoms with van der Waals surface area (Å²) in [4.78, 5) is 27.1. The van der Waals surface area contributed by atoms with Crippen molar-refractivity contribution in [1.29, 1.82) is 5.41 Å². The molecule has 1 atom stereocenters. The zero-order valence-corrected chi connectivity index (χ0v) is 22.1. The van der Waals surface area contributed by atoms with Crippen molar-refractivity contribution < 1.29 is 23.8 Å². The summed E-state index contributed by atoms with van der Waals surface area (Å²) in [6.07, 6.45) is 3.73. The minimum atomic E-state index is -0.477. The molecule has 2 aromatic rings. The summed E-state index contributed by atoms with van der Waals surface area (Å²) in [5, 5.41) is 13.2. The van der Waals surface area contributed by atoms with Crippen molar-refractivity contribution in [2.45, 2.75) is 45.8 Å². The predicted octanol–water partition coefficient (Wildman–Crippen LogP) is 4.35. The average molecular weight is 509 g/mol. The van der Waals surface area contributed by atoms with Gasteiger partial charge in [0, 0.05) is 37.3 Å². The third-order valence-corrected chi connectivity index (χ3v) is 5.38. The van der Waals surface area contributed by atoms with Gasteiger partial charge in [-0.15, -0.1) is 0 Å². The normalized spacial score (nSPS) is 14.0. The number of nitrogens with zero attached hydrogens (tertiary/aromatic N) is 1. The van der Waals surface area contributed by atoms with E-state index >= 15 is 0 Å². The van der Waals surface area contributed by atoms with Gasteiger partial charge < -0.3 is 29.7 Å². The lowest BCUT2D eigenvalue weighted by atomic mass is 10.1. The summed E-state index contributed by atoms with van der Waals surface area (Å²) in [5.41, 5.74) is 0.562. The second-order valence-electron chi connectivity index (χ2n) is 9.81. The van der Waals surface area contributed by atoms with E-state index in [9.17, 15) is 9.59 Å². The maximum Gasteiger partial charge on any atom is 0.257 e. The number of carbonyl (C=O) groups excluding carboxylic acids is 2. The first-order valence-electron chi connectivity index (χ1n) is 12.3. The van der Waals surface area contributed by atoms with Crippen molar-refractivity contribution in [1.82, 2.24) is 15.5 Å². The zero-order chi connectivity index (χ0) is 27.0. The van der Waals surface area contributed by atoms with Crippen molar-refractivity contribution in [2.24, 2.45) is 0 Å². The first-order valence-corrected chi connectivity index (χ1v) is 12.3. The minimum absolute atomic E-state index is 0.00777. The Kier molecular flexibility index (Phi) is 9.30. The Morgan fingerprint density at radius 3 is 2.32 bits per heavy atom. The van der Waals surface area contributed by atoms with E-state index in [4.69, 9.17) is 19.6 Å². The molecule has 0 unspecified atom stereocenters. The monoisotopic (exact) mass is 508 g/mol. The van der Waals surface area contributed by atoms with Crippen molar-refractivity contribution in [3.63, 3.8) is 0 Å². The Labute approximate surface area is 218 Å². The van der Waals surface area contributed by atoms with Gasteiger partial charge in [0.05, 0.1) is 12.2 Å². The molecule has 2 amide bonds. The number of amides is 2. The fraction of sp³-hybridized carbons (Fsp3) is 0.393. The second kappa shape index (κ2) is 12.4. The van der Waals surface area contributed by atoms with Crippen molar-refractivity contribution in [3.05, 3.63) is 65.9 Å². The van der Waals surface area contributed by atoms with Crippen LogP contribution in [0.4, 0.5) is 0 Å². The number of carbonyl (C=O) groups is 2. The molecule has 0 spiro atoms. The summed E-state index contributed by atoms with van der Waals surface area (Å²) in [7, 11) is 1.70. The van der Waals surface area contributed by atoms with Gasteiger partial charge in [-0.3, -0.25) is 15.0 Å². The molecule has 1 aliphatic rings. The van der Waals surface area contributed by atoms with Gasteiger partial charge >= 0.3 is 0 Å². The first kappa shape index (κ1) is 27.7. The fourth-order valence-electron chi connectivity index (χ4n) is 3.37. The van der Waals surface area contributed by atoms with Gasteiger partial charge in [-0.05, 0) is 82.8 Å². The number of likely N-dealkylation sites (tertiary alicyclic amines) is 1. The van der Waals surface area contributed by atoms with Crippen molar-refractivity contribution in [3.8, 4) is 17.2 Å². The summed E-state index contributed by atoms with van der Waals surface area (Å²) in [6, 6.07) is 11.8. The third kappa shape index (κ3) is 8.64. The number of benzene rings is 2. The Balaban J connectivity index is 1.79. The first-order chi connectivity index (χ1) is 17.5. The lowest BCUT2D eigenvalue weighted by Crippen LogP contribution is -2.41. The van der Waals surface area contributed by atoms with Gasteiger partial charge in [-0.25, -0.2) is 0 Å². The topological polar surface area (TPSA) is 113 Å². The van der Waals surface area contributed by atoms with E-state index in [2.05, 4.69) is 10.6 Å². The minimum Gasteiger partial charge on any atom is -0.488 e. The number of rotatable bonds is 10. The maximum atomic E-state index is 12.9. The van der Waals surface area contributed by atoms with Crippen LogP contribution in [0.25, 0.3) is 0 Å². The van der Waals surface area contributed by atoms with Crippen LogP contribution in [-0.2, 0) is 4.74 Å². The molecule has 1 aliphatic heterocycles. The van der Waals surface area contributed by atoms with Crippen molar-refractivity contribution in [2.75, 3.05) is 26.7 Å². The van der Waals surface area contributed by atoms with E-state index in [0.29, 0.717) is 29.4 Å². The predicted molar refractivity (Wildman–Crippen MR) is 143 cm³/mol. The van der Waals surface area contributed by atoms with E-state index in [1.54, 1.807) is 60.6 Å². The SMILES string of the molecule is CN/C=C\C(=N)NC(=O)c1cc(Oc2ccc(C(=O)N3CCC3)cc2)cc(O[C@@H](C)COC(C)(C)C)c1. The third-order valence-electron chi connectivity index (χ3n) is 5.38. The van der Waals surface area contributed by atoms with Crippen LogP contribution >= 0.6 is 0 Å². The maximum absolute atomic E-state index is 12.9. The highest BCUT2D eigenvalue weighted by Gasteiger charge is 2.21. The smallest absolute Gasteiger partial charge is 0.257 e. The Bertz CT molecular complexity index is 1130. The molecule has 1 saturated heterocycles. The standard InChI is InChI=1S/C28H36N4O5/c1-19(18-35-28(2,3)4)36-23-15-21(26(33)31-25(29)11-12-30-5)16-24(17-23)37-22-9-7-20(8-10-22)27(34)32-13-6-14-32/h7-12,15-17,19,30H,6,13-14,18H2,1-5H3,(H2,29,31,33)/b12-11-/t19-/m0/s1. The van der Waals surface area contributed by atoms with Crippen LogP contribution in [0.2, 0.25) is 0 Å². The molecule has 1 heterocycles. The lowest BCUT2D eigenvalue weighted by molar-refractivity contribution is -0.0374. The summed E-state index contributed by atoms with van der Waals surface area (Å²) < 4.78 is 17.9. The lowest BCUT2D eigenvalue weighted by Gasteiger charge is -2.30. The summed E-state index contributed by atoms with van der Waals surface area (Å²) in [6.45, 7) is 9.73. The summed E-state index contributed by atoms with van der Waals surface area (Å²) in [5.74, 6) is 0.781.